The van der Waals surface area contributed by atoms with Crippen LogP contribution in [-0.4, -0.2) is 91.8 Å². The van der Waals surface area contributed by atoms with Gasteiger partial charge >= 0.3 is 0 Å². The number of carbonyl (C=O) groups is 5. The summed E-state index contributed by atoms with van der Waals surface area (Å²) < 4.78 is 16.2. The van der Waals surface area contributed by atoms with Crippen LogP contribution in [0.5, 0.6) is 5.75 Å². The van der Waals surface area contributed by atoms with Crippen LogP contribution in [0, 0.1) is 0 Å². The predicted molar refractivity (Wildman–Crippen MR) is 120 cm³/mol. The summed E-state index contributed by atoms with van der Waals surface area (Å²) in [5.41, 5.74) is 0.0573. The van der Waals surface area contributed by atoms with Gasteiger partial charge in [-0.1, -0.05) is 6.07 Å². The Morgan fingerprint density at radius 2 is 1.83 bits per heavy atom. The van der Waals surface area contributed by atoms with Crippen molar-refractivity contribution in [3.63, 3.8) is 0 Å². The number of nitrogens with one attached hydrogen (secondary N) is 2. The van der Waals surface area contributed by atoms with Crippen LogP contribution in [-0.2, 0) is 23.9 Å². The summed E-state index contributed by atoms with van der Waals surface area (Å²) in [5.74, 6) is -2.89. The lowest BCUT2D eigenvalue weighted by Crippen LogP contribution is -2.54. The summed E-state index contributed by atoms with van der Waals surface area (Å²) in [6, 6.07) is 3.35. The Balaban J connectivity index is 1.44. The van der Waals surface area contributed by atoms with E-state index >= 15 is 0 Å². The molecular weight excluding hydrogens is 462 g/mol. The Labute approximate surface area is 201 Å². The standard InChI is InChI=1S/C23H29N3O9/c27-9-1-2-10-33-12-13-34-11-8-24-19(29)14-35-17-5-3-4-15-20(17)23(32)26(22(15)31)16-6-7-18(28)25-21(16)30/h3-5,16,27H,1-2,6-14H2,(H,24,29)(H,25,28,30). The lowest BCUT2D eigenvalue weighted by atomic mass is 10.0. The van der Waals surface area contributed by atoms with E-state index in [1.165, 1.54) is 18.2 Å². The van der Waals surface area contributed by atoms with Crippen molar-refractivity contribution in [3.8, 4) is 5.75 Å². The first kappa shape index (κ1) is 26.3. The second kappa shape index (κ2) is 12.9. The number of carbonyl (C=O) groups excluding carboxylic acids is 5. The van der Waals surface area contributed by atoms with Gasteiger partial charge in [-0.2, -0.15) is 0 Å². The van der Waals surface area contributed by atoms with Crippen LogP contribution in [0.4, 0.5) is 0 Å². The molecule has 3 N–H and O–H groups in total. The van der Waals surface area contributed by atoms with E-state index in [9.17, 15) is 24.0 Å². The summed E-state index contributed by atoms with van der Waals surface area (Å²) in [6.07, 6.45) is 1.55. The molecule has 0 saturated carbocycles. The third kappa shape index (κ3) is 6.84. The van der Waals surface area contributed by atoms with Crippen molar-refractivity contribution in [2.45, 2.75) is 31.7 Å². The molecule has 0 radical (unpaired) electrons. The monoisotopic (exact) mass is 491 g/mol. The summed E-state index contributed by atoms with van der Waals surface area (Å²) in [6.45, 7) is 1.64. The van der Waals surface area contributed by atoms with Crippen molar-refractivity contribution in [3.05, 3.63) is 29.3 Å². The highest BCUT2D eigenvalue weighted by Crippen LogP contribution is 2.33. The fourth-order valence-corrected chi connectivity index (χ4v) is 3.70. The molecule has 2 aliphatic heterocycles. The number of aliphatic hydroxyl groups is 1. The fourth-order valence-electron chi connectivity index (χ4n) is 3.70. The smallest absolute Gasteiger partial charge is 0.266 e. The van der Waals surface area contributed by atoms with Crippen molar-refractivity contribution < 1.29 is 43.3 Å². The van der Waals surface area contributed by atoms with E-state index in [1.54, 1.807) is 0 Å². The Morgan fingerprint density at radius 3 is 2.57 bits per heavy atom. The zero-order valence-electron chi connectivity index (χ0n) is 19.2. The zero-order valence-corrected chi connectivity index (χ0v) is 19.2. The maximum Gasteiger partial charge on any atom is 0.266 e. The van der Waals surface area contributed by atoms with E-state index in [2.05, 4.69) is 10.6 Å². The first-order valence-corrected chi connectivity index (χ1v) is 11.4. The summed E-state index contributed by atoms with van der Waals surface area (Å²) in [7, 11) is 0. The molecule has 1 aromatic carbocycles. The molecule has 0 aliphatic carbocycles. The van der Waals surface area contributed by atoms with Crippen LogP contribution >= 0.6 is 0 Å². The minimum Gasteiger partial charge on any atom is -0.483 e. The van der Waals surface area contributed by atoms with Gasteiger partial charge in [0.2, 0.25) is 11.8 Å². The fraction of sp³-hybridized carbons (Fsp3) is 0.522. The summed E-state index contributed by atoms with van der Waals surface area (Å²) >= 11 is 0. The topological polar surface area (TPSA) is 161 Å². The third-order valence-corrected chi connectivity index (χ3v) is 5.43. The largest absolute Gasteiger partial charge is 0.483 e. The van der Waals surface area contributed by atoms with Gasteiger partial charge in [-0.15, -0.1) is 0 Å². The van der Waals surface area contributed by atoms with Crippen molar-refractivity contribution in [2.24, 2.45) is 0 Å². The van der Waals surface area contributed by atoms with Crippen LogP contribution < -0.4 is 15.4 Å². The molecule has 190 valence electrons. The first-order valence-electron chi connectivity index (χ1n) is 11.4. The Bertz CT molecular complexity index is 966. The van der Waals surface area contributed by atoms with E-state index in [0.29, 0.717) is 26.2 Å². The Hall–Kier alpha value is -3.35. The molecule has 12 nitrogen and oxygen atoms in total. The van der Waals surface area contributed by atoms with Crippen LogP contribution in [0.1, 0.15) is 46.4 Å². The van der Waals surface area contributed by atoms with Crippen LogP contribution in [0.3, 0.4) is 0 Å². The molecule has 1 atom stereocenters. The van der Waals surface area contributed by atoms with Gasteiger partial charge in [0.15, 0.2) is 6.61 Å². The Morgan fingerprint density at radius 1 is 1.06 bits per heavy atom. The molecule has 5 amide bonds. The molecular formula is C23H29N3O9. The average Bonchev–Trinajstić information content (AvgIpc) is 3.09. The van der Waals surface area contributed by atoms with Gasteiger partial charge in [0, 0.05) is 26.2 Å². The molecule has 35 heavy (non-hydrogen) atoms. The van der Waals surface area contributed by atoms with Gasteiger partial charge in [0.05, 0.1) is 30.9 Å². The SMILES string of the molecule is O=C(COc1cccc2c1C(=O)N(C1CCC(=O)NC1=O)C2=O)NCCOCCOCCCCO. The second-order valence-corrected chi connectivity index (χ2v) is 7.92. The number of amides is 5. The minimum atomic E-state index is -1.08. The molecule has 3 rings (SSSR count). The first-order chi connectivity index (χ1) is 16.9. The van der Waals surface area contributed by atoms with E-state index in [4.69, 9.17) is 19.3 Å². The third-order valence-electron chi connectivity index (χ3n) is 5.43. The van der Waals surface area contributed by atoms with Gasteiger partial charge in [0.25, 0.3) is 17.7 Å². The molecule has 0 aromatic heterocycles. The highest BCUT2D eigenvalue weighted by molar-refractivity contribution is 6.24. The van der Waals surface area contributed by atoms with Crippen molar-refractivity contribution >= 4 is 29.5 Å². The maximum absolute atomic E-state index is 13.0. The van der Waals surface area contributed by atoms with E-state index in [1.807, 2.05) is 0 Å². The van der Waals surface area contributed by atoms with E-state index in [-0.39, 0.29) is 56.1 Å². The number of nitrogens with zero attached hydrogens (tertiary/aromatic N) is 1. The van der Waals surface area contributed by atoms with Crippen molar-refractivity contribution in [2.75, 3.05) is 46.2 Å². The Kier molecular flexibility index (Phi) is 9.70. The van der Waals surface area contributed by atoms with E-state index in [0.717, 1.165) is 11.3 Å². The lowest BCUT2D eigenvalue weighted by molar-refractivity contribution is -0.136. The minimum absolute atomic E-state index is 0.0164. The molecule has 1 saturated heterocycles. The maximum atomic E-state index is 13.0. The number of piperidine rings is 1. The molecule has 0 bridgehead atoms. The highest BCUT2D eigenvalue weighted by Gasteiger charge is 2.46. The highest BCUT2D eigenvalue weighted by atomic mass is 16.5. The summed E-state index contributed by atoms with van der Waals surface area (Å²) in [5, 5.41) is 13.4. The van der Waals surface area contributed by atoms with Crippen LogP contribution in [0.25, 0.3) is 0 Å². The van der Waals surface area contributed by atoms with Crippen molar-refractivity contribution in [1.82, 2.24) is 15.5 Å². The summed E-state index contributed by atoms with van der Waals surface area (Å²) in [4.78, 5) is 62.3. The average molecular weight is 491 g/mol. The van der Waals surface area contributed by atoms with Gasteiger partial charge in [0.1, 0.15) is 11.8 Å². The van der Waals surface area contributed by atoms with E-state index < -0.39 is 35.6 Å². The van der Waals surface area contributed by atoms with Gasteiger partial charge in [-0.05, 0) is 31.4 Å². The molecule has 12 heteroatoms. The second-order valence-electron chi connectivity index (χ2n) is 7.92. The quantitative estimate of drug-likeness (QED) is 0.228. The molecule has 0 spiro atoms. The number of aliphatic hydroxyl groups excluding tert-OH is 1. The molecule has 1 fully saturated rings. The number of ether oxygens (including phenoxy) is 3. The molecule has 1 unspecified atom stereocenters. The normalized spacial score (nSPS) is 17.4. The predicted octanol–water partition coefficient (Wildman–Crippen LogP) is -0.611. The number of hydrogen-bond acceptors (Lipinski definition) is 9. The zero-order chi connectivity index (χ0) is 25.2. The molecule has 2 heterocycles. The number of fused-ring (bicyclic) bond motifs is 1. The number of hydrogen-bond donors (Lipinski definition) is 3. The lowest BCUT2D eigenvalue weighted by Gasteiger charge is -2.27. The number of benzene rings is 1. The number of imide groups is 2. The van der Waals surface area contributed by atoms with Gasteiger partial charge < -0.3 is 24.6 Å². The van der Waals surface area contributed by atoms with Crippen LogP contribution in [0.15, 0.2) is 18.2 Å². The number of unbranched alkanes of at least 4 members (excludes halogenated alkanes) is 1. The van der Waals surface area contributed by atoms with Gasteiger partial charge in [-0.25, -0.2) is 0 Å². The van der Waals surface area contributed by atoms with Crippen molar-refractivity contribution in [1.29, 1.82) is 0 Å². The van der Waals surface area contributed by atoms with Gasteiger partial charge in [-0.3, -0.25) is 34.2 Å². The molecule has 1 aromatic rings. The molecule has 2 aliphatic rings. The number of rotatable bonds is 14. The van der Waals surface area contributed by atoms with Crippen LogP contribution in [0.2, 0.25) is 0 Å².